The standard InChI is InChI=1S/C24H23NO3/c1-17(19-9-11-21(12-10-19)20-5-3-2-4-6-20)25-24(26)14-8-18-7-13-22-23(15-18)28-16-27-22/h2-7,9-13,15,17H,8,14,16H2,1H3,(H,25,26)/t17-/m1/s1. The SMILES string of the molecule is C[C@@H](NC(=O)CCc1ccc2c(c1)OCO2)c1ccc(-c2ccccc2)cc1. The maximum atomic E-state index is 12.4. The number of ether oxygens (including phenoxy) is 2. The van der Waals surface area contributed by atoms with Gasteiger partial charge >= 0.3 is 0 Å². The highest BCUT2D eigenvalue weighted by atomic mass is 16.7. The van der Waals surface area contributed by atoms with Crippen molar-refractivity contribution in [3.05, 3.63) is 83.9 Å². The smallest absolute Gasteiger partial charge is 0.231 e. The highest BCUT2D eigenvalue weighted by Crippen LogP contribution is 2.32. The number of carbonyl (C=O) groups is 1. The molecule has 1 aliphatic rings. The second-order valence-corrected chi connectivity index (χ2v) is 6.96. The van der Waals surface area contributed by atoms with Gasteiger partial charge in [0, 0.05) is 6.42 Å². The first-order valence-electron chi connectivity index (χ1n) is 9.52. The Bertz CT molecular complexity index is 951. The van der Waals surface area contributed by atoms with Crippen LogP contribution in [0.4, 0.5) is 0 Å². The summed E-state index contributed by atoms with van der Waals surface area (Å²) in [6.07, 6.45) is 1.11. The molecule has 0 unspecified atom stereocenters. The maximum absolute atomic E-state index is 12.4. The van der Waals surface area contributed by atoms with Crippen LogP contribution in [0.1, 0.15) is 30.5 Å². The monoisotopic (exact) mass is 373 g/mol. The van der Waals surface area contributed by atoms with E-state index in [0.717, 1.165) is 22.6 Å². The molecular weight excluding hydrogens is 350 g/mol. The molecule has 0 aliphatic carbocycles. The van der Waals surface area contributed by atoms with Crippen LogP contribution in [0.15, 0.2) is 72.8 Å². The lowest BCUT2D eigenvalue weighted by molar-refractivity contribution is -0.121. The third-order valence-corrected chi connectivity index (χ3v) is 4.97. The van der Waals surface area contributed by atoms with E-state index in [-0.39, 0.29) is 18.7 Å². The molecule has 4 nitrogen and oxygen atoms in total. The van der Waals surface area contributed by atoms with Crippen molar-refractivity contribution in [1.82, 2.24) is 5.32 Å². The van der Waals surface area contributed by atoms with Crippen LogP contribution in [0.2, 0.25) is 0 Å². The van der Waals surface area contributed by atoms with E-state index in [1.54, 1.807) is 0 Å². The Balaban J connectivity index is 1.31. The van der Waals surface area contributed by atoms with E-state index in [9.17, 15) is 4.79 Å². The van der Waals surface area contributed by atoms with Gasteiger partial charge in [0.1, 0.15) is 0 Å². The molecule has 4 heteroatoms. The predicted octanol–water partition coefficient (Wildman–Crippen LogP) is 4.89. The number of fused-ring (bicyclic) bond motifs is 1. The van der Waals surface area contributed by atoms with Crippen LogP contribution in [-0.2, 0) is 11.2 Å². The van der Waals surface area contributed by atoms with Gasteiger partial charge in [-0.25, -0.2) is 0 Å². The first-order valence-corrected chi connectivity index (χ1v) is 9.52. The molecular formula is C24H23NO3. The molecule has 1 aliphatic heterocycles. The Labute approximate surface area is 165 Å². The van der Waals surface area contributed by atoms with Crippen LogP contribution in [0.3, 0.4) is 0 Å². The molecule has 3 aromatic carbocycles. The Kier molecular flexibility index (Phi) is 5.29. The van der Waals surface area contributed by atoms with E-state index in [1.807, 2.05) is 43.3 Å². The molecule has 0 radical (unpaired) electrons. The van der Waals surface area contributed by atoms with Crippen molar-refractivity contribution in [3.63, 3.8) is 0 Å². The van der Waals surface area contributed by atoms with Crippen molar-refractivity contribution >= 4 is 5.91 Å². The lowest BCUT2D eigenvalue weighted by Crippen LogP contribution is -2.26. The van der Waals surface area contributed by atoms with Gasteiger partial charge in [0.25, 0.3) is 0 Å². The summed E-state index contributed by atoms with van der Waals surface area (Å²) < 4.78 is 10.7. The molecule has 1 heterocycles. The Morgan fingerprint density at radius 2 is 1.64 bits per heavy atom. The largest absolute Gasteiger partial charge is 0.454 e. The lowest BCUT2D eigenvalue weighted by Gasteiger charge is -2.15. The fourth-order valence-corrected chi connectivity index (χ4v) is 3.35. The molecule has 0 aromatic heterocycles. The van der Waals surface area contributed by atoms with Crippen molar-refractivity contribution < 1.29 is 14.3 Å². The molecule has 3 aromatic rings. The molecule has 142 valence electrons. The Morgan fingerprint density at radius 3 is 2.43 bits per heavy atom. The third kappa shape index (κ3) is 4.17. The summed E-state index contributed by atoms with van der Waals surface area (Å²) in [5.74, 6) is 1.56. The maximum Gasteiger partial charge on any atom is 0.231 e. The molecule has 1 atom stereocenters. The molecule has 1 N–H and O–H groups in total. The van der Waals surface area contributed by atoms with Gasteiger partial charge in [-0.2, -0.15) is 0 Å². The van der Waals surface area contributed by atoms with Crippen LogP contribution in [0.5, 0.6) is 11.5 Å². The number of hydrogen-bond donors (Lipinski definition) is 1. The topological polar surface area (TPSA) is 47.6 Å². The zero-order chi connectivity index (χ0) is 19.3. The van der Waals surface area contributed by atoms with Gasteiger partial charge in [0.2, 0.25) is 12.7 Å². The minimum absolute atomic E-state index is 0.0333. The van der Waals surface area contributed by atoms with Crippen LogP contribution in [-0.4, -0.2) is 12.7 Å². The first-order chi connectivity index (χ1) is 13.7. The van der Waals surface area contributed by atoms with Gasteiger partial charge in [-0.3, -0.25) is 4.79 Å². The molecule has 0 saturated carbocycles. The van der Waals surface area contributed by atoms with Gasteiger partial charge in [0.15, 0.2) is 11.5 Å². The fraction of sp³-hybridized carbons (Fsp3) is 0.208. The summed E-state index contributed by atoms with van der Waals surface area (Å²) in [7, 11) is 0. The summed E-state index contributed by atoms with van der Waals surface area (Å²) in [5, 5.41) is 3.08. The molecule has 1 amide bonds. The average molecular weight is 373 g/mol. The molecule has 0 bridgehead atoms. The summed E-state index contributed by atoms with van der Waals surface area (Å²) in [5.41, 5.74) is 4.52. The van der Waals surface area contributed by atoms with Crippen molar-refractivity contribution in [3.8, 4) is 22.6 Å². The van der Waals surface area contributed by atoms with E-state index in [1.165, 1.54) is 11.1 Å². The average Bonchev–Trinajstić information content (AvgIpc) is 3.21. The highest BCUT2D eigenvalue weighted by Gasteiger charge is 2.14. The van der Waals surface area contributed by atoms with Gasteiger partial charge in [-0.05, 0) is 47.7 Å². The number of aryl methyl sites for hydroxylation is 1. The second kappa shape index (κ2) is 8.17. The number of benzene rings is 3. The highest BCUT2D eigenvalue weighted by molar-refractivity contribution is 5.76. The number of amides is 1. The third-order valence-electron chi connectivity index (χ3n) is 4.97. The van der Waals surface area contributed by atoms with Gasteiger partial charge in [0.05, 0.1) is 6.04 Å². The van der Waals surface area contributed by atoms with Crippen LogP contribution in [0, 0.1) is 0 Å². The number of nitrogens with one attached hydrogen (secondary N) is 1. The van der Waals surface area contributed by atoms with E-state index in [0.29, 0.717) is 12.8 Å². The van der Waals surface area contributed by atoms with E-state index in [2.05, 4.69) is 41.7 Å². The molecule has 0 fully saturated rings. The number of rotatable bonds is 6. The quantitative estimate of drug-likeness (QED) is 0.669. The summed E-state index contributed by atoms with van der Waals surface area (Å²) in [6, 6.07) is 24.4. The van der Waals surface area contributed by atoms with Crippen LogP contribution >= 0.6 is 0 Å². The molecule has 0 spiro atoms. The molecule has 28 heavy (non-hydrogen) atoms. The van der Waals surface area contributed by atoms with Crippen molar-refractivity contribution in [1.29, 1.82) is 0 Å². The number of hydrogen-bond acceptors (Lipinski definition) is 3. The fourth-order valence-electron chi connectivity index (χ4n) is 3.35. The van der Waals surface area contributed by atoms with E-state index in [4.69, 9.17) is 9.47 Å². The summed E-state index contributed by atoms with van der Waals surface area (Å²) in [4.78, 5) is 12.4. The van der Waals surface area contributed by atoms with E-state index < -0.39 is 0 Å². The van der Waals surface area contributed by atoms with Crippen molar-refractivity contribution in [2.45, 2.75) is 25.8 Å². The molecule has 4 rings (SSSR count). The predicted molar refractivity (Wildman–Crippen MR) is 109 cm³/mol. The minimum Gasteiger partial charge on any atom is -0.454 e. The van der Waals surface area contributed by atoms with Gasteiger partial charge in [-0.1, -0.05) is 60.7 Å². The van der Waals surface area contributed by atoms with E-state index >= 15 is 0 Å². The van der Waals surface area contributed by atoms with Crippen molar-refractivity contribution in [2.75, 3.05) is 6.79 Å². The Morgan fingerprint density at radius 1 is 0.929 bits per heavy atom. The zero-order valence-corrected chi connectivity index (χ0v) is 15.9. The summed E-state index contributed by atoms with van der Waals surface area (Å²) in [6.45, 7) is 2.27. The lowest BCUT2D eigenvalue weighted by atomic mass is 10.0. The second-order valence-electron chi connectivity index (χ2n) is 6.96. The van der Waals surface area contributed by atoms with Crippen LogP contribution < -0.4 is 14.8 Å². The minimum atomic E-state index is -0.0333. The normalized spacial score (nSPS) is 13.2. The molecule has 0 saturated heterocycles. The first kappa shape index (κ1) is 18.1. The van der Waals surface area contributed by atoms with Gasteiger partial charge in [-0.15, -0.1) is 0 Å². The zero-order valence-electron chi connectivity index (χ0n) is 15.9. The number of carbonyl (C=O) groups excluding carboxylic acids is 1. The Hall–Kier alpha value is -3.27. The van der Waals surface area contributed by atoms with Crippen LogP contribution in [0.25, 0.3) is 11.1 Å². The summed E-state index contributed by atoms with van der Waals surface area (Å²) >= 11 is 0. The van der Waals surface area contributed by atoms with Crippen molar-refractivity contribution in [2.24, 2.45) is 0 Å². The van der Waals surface area contributed by atoms with Gasteiger partial charge < -0.3 is 14.8 Å².